The number of carboxylic acid groups (broad SMARTS) is 1. The summed E-state index contributed by atoms with van der Waals surface area (Å²) >= 11 is 0. The summed E-state index contributed by atoms with van der Waals surface area (Å²) in [6.45, 7) is 0. The number of benzene rings is 2. The van der Waals surface area contributed by atoms with Gasteiger partial charge in [0.25, 0.3) is 5.91 Å². The number of anilines is 1. The fourth-order valence-electron chi connectivity index (χ4n) is 1.96. The molecule has 0 radical (unpaired) electrons. The third kappa shape index (κ3) is 4.87. The van der Waals surface area contributed by atoms with E-state index in [1.807, 2.05) is 0 Å². The third-order valence-electron chi connectivity index (χ3n) is 3.04. The van der Waals surface area contributed by atoms with Crippen LogP contribution in [0.15, 0.2) is 42.5 Å². The number of methoxy groups -OCH3 is 1. The van der Waals surface area contributed by atoms with Crippen LogP contribution in [0.2, 0.25) is 0 Å². The zero-order chi connectivity index (χ0) is 18.6. The quantitative estimate of drug-likeness (QED) is 0.857. The van der Waals surface area contributed by atoms with Crippen molar-refractivity contribution in [3.63, 3.8) is 0 Å². The summed E-state index contributed by atoms with van der Waals surface area (Å²) in [6, 6.07) is 8.25. The lowest BCUT2D eigenvalue weighted by atomic mass is 10.1. The highest BCUT2D eigenvalue weighted by atomic mass is 19.4. The Morgan fingerprint density at radius 3 is 2.24 bits per heavy atom. The summed E-state index contributed by atoms with van der Waals surface area (Å²) in [5.74, 6) is -2.18. The number of alkyl halides is 3. The predicted molar refractivity (Wildman–Crippen MR) is 81.0 cm³/mol. The van der Waals surface area contributed by atoms with Crippen molar-refractivity contribution in [1.82, 2.24) is 0 Å². The normalized spacial score (nSPS) is 10.9. The molecule has 0 fully saturated rings. The highest BCUT2D eigenvalue weighted by Gasteiger charge is 2.31. The Morgan fingerprint density at radius 1 is 1.08 bits per heavy atom. The Balaban J connectivity index is 2.19. The highest BCUT2D eigenvalue weighted by Crippen LogP contribution is 2.25. The number of ether oxygens (including phenoxy) is 2. The van der Waals surface area contributed by atoms with Gasteiger partial charge >= 0.3 is 12.3 Å². The molecule has 2 rings (SSSR count). The van der Waals surface area contributed by atoms with Gasteiger partial charge in [-0.05, 0) is 42.5 Å². The average molecular weight is 355 g/mol. The number of halogens is 3. The number of hydrogen-bond acceptors (Lipinski definition) is 4. The van der Waals surface area contributed by atoms with Gasteiger partial charge in [0, 0.05) is 5.69 Å². The van der Waals surface area contributed by atoms with Crippen LogP contribution in [0.1, 0.15) is 20.7 Å². The highest BCUT2D eigenvalue weighted by molar-refractivity contribution is 6.07. The van der Waals surface area contributed by atoms with E-state index in [2.05, 4.69) is 10.1 Å². The molecule has 0 spiro atoms. The topological polar surface area (TPSA) is 84.9 Å². The molecule has 0 saturated carbocycles. The van der Waals surface area contributed by atoms with Gasteiger partial charge in [-0.2, -0.15) is 0 Å². The maximum atomic E-state index is 12.3. The summed E-state index contributed by atoms with van der Waals surface area (Å²) in [6.07, 6.45) is -4.81. The van der Waals surface area contributed by atoms with Crippen molar-refractivity contribution in [2.45, 2.75) is 6.36 Å². The lowest BCUT2D eigenvalue weighted by Gasteiger charge is -2.11. The lowest BCUT2D eigenvalue weighted by Crippen LogP contribution is -2.17. The largest absolute Gasteiger partial charge is 0.573 e. The molecule has 0 atom stereocenters. The van der Waals surface area contributed by atoms with E-state index in [-0.39, 0.29) is 22.6 Å². The van der Waals surface area contributed by atoms with Gasteiger partial charge in [0.05, 0.1) is 18.2 Å². The Labute approximate surface area is 139 Å². The van der Waals surface area contributed by atoms with E-state index in [1.54, 1.807) is 0 Å². The van der Waals surface area contributed by atoms with Gasteiger partial charge in [0.15, 0.2) is 0 Å². The van der Waals surface area contributed by atoms with Crippen LogP contribution >= 0.6 is 0 Å². The Kier molecular flexibility index (Phi) is 5.16. The van der Waals surface area contributed by atoms with Crippen LogP contribution in [0.3, 0.4) is 0 Å². The number of nitrogens with one attached hydrogen (secondary N) is 1. The molecular weight excluding hydrogens is 343 g/mol. The molecule has 6 nitrogen and oxygen atoms in total. The summed E-state index contributed by atoms with van der Waals surface area (Å²) in [5, 5.41) is 11.4. The second kappa shape index (κ2) is 7.12. The molecule has 0 aromatic heterocycles. The first-order valence-electron chi connectivity index (χ1n) is 6.78. The maximum absolute atomic E-state index is 12.3. The van der Waals surface area contributed by atoms with E-state index in [1.165, 1.54) is 31.4 Å². The van der Waals surface area contributed by atoms with Crippen LogP contribution in [-0.2, 0) is 0 Å². The van der Waals surface area contributed by atoms with E-state index in [0.29, 0.717) is 0 Å². The molecule has 2 aromatic carbocycles. The molecule has 0 heterocycles. The second-order valence-corrected chi connectivity index (χ2v) is 4.75. The number of carboxylic acids is 1. The first-order valence-corrected chi connectivity index (χ1v) is 6.78. The molecule has 2 aromatic rings. The van der Waals surface area contributed by atoms with E-state index in [9.17, 15) is 22.8 Å². The third-order valence-corrected chi connectivity index (χ3v) is 3.04. The van der Waals surface area contributed by atoms with E-state index < -0.39 is 24.0 Å². The van der Waals surface area contributed by atoms with Gasteiger partial charge in [-0.25, -0.2) is 4.79 Å². The molecule has 9 heteroatoms. The Hall–Kier alpha value is -3.23. The fraction of sp³-hybridized carbons (Fsp3) is 0.125. The summed E-state index contributed by atoms with van der Waals surface area (Å²) in [4.78, 5) is 23.3. The maximum Gasteiger partial charge on any atom is 0.573 e. The summed E-state index contributed by atoms with van der Waals surface area (Å²) in [7, 11) is 1.32. The Bertz CT molecular complexity index is 787. The number of aromatic carboxylic acids is 1. The predicted octanol–water partition coefficient (Wildman–Crippen LogP) is 3.54. The van der Waals surface area contributed by atoms with Gasteiger partial charge in [0.2, 0.25) is 0 Å². The van der Waals surface area contributed by atoms with Crippen LogP contribution in [0, 0.1) is 0 Å². The molecule has 0 aliphatic rings. The van der Waals surface area contributed by atoms with E-state index in [4.69, 9.17) is 9.84 Å². The van der Waals surface area contributed by atoms with Crippen LogP contribution < -0.4 is 14.8 Å². The van der Waals surface area contributed by atoms with Crippen LogP contribution in [0.5, 0.6) is 11.5 Å². The minimum atomic E-state index is -4.81. The van der Waals surface area contributed by atoms with Gasteiger partial charge in [-0.1, -0.05) is 0 Å². The molecule has 132 valence electrons. The summed E-state index contributed by atoms with van der Waals surface area (Å²) < 4.78 is 45.1. The van der Waals surface area contributed by atoms with Crippen molar-refractivity contribution in [2.75, 3.05) is 12.4 Å². The molecule has 0 aliphatic carbocycles. The number of hydrogen-bond donors (Lipinski definition) is 2. The number of rotatable bonds is 5. The standard InChI is InChI=1S/C16H12F3NO5/c1-24-13-7-2-9(15(22)23)8-12(13)14(21)20-10-3-5-11(6-4-10)25-16(17,18)19/h2-8H,1H3,(H,20,21)(H,22,23). The van der Waals surface area contributed by atoms with Crippen molar-refractivity contribution < 1.29 is 37.3 Å². The van der Waals surface area contributed by atoms with Crippen molar-refractivity contribution in [3.05, 3.63) is 53.6 Å². The van der Waals surface area contributed by atoms with Gasteiger partial charge < -0.3 is 19.9 Å². The van der Waals surface area contributed by atoms with E-state index >= 15 is 0 Å². The van der Waals surface area contributed by atoms with Crippen molar-refractivity contribution in [2.24, 2.45) is 0 Å². The van der Waals surface area contributed by atoms with Crippen LogP contribution in [0.25, 0.3) is 0 Å². The molecule has 0 saturated heterocycles. The number of carbonyl (C=O) groups excluding carboxylic acids is 1. The molecule has 0 aliphatic heterocycles. The molecule has 1 amide bonds. The SMILES string of the molecule is COc1ccc(C(=O)O)cc1C(=O)Nc1ccc(OC(F)(F)F)cc1. The van der Waals surface area contributed by atoms with Gasteiger partial charge in [-0.15, -0.1) is 13.2 Å². The smallest absolute Gasteiger partial charge is 0.496 e. The average Bonchev–Trinajstić information content (AvgIpc) is 2.54. The Morgan fingerprint density at radius 2 is 1.72 bits per heavy atom. The van der Waals surface area contributed by atoms with Crippen molar-refractivity contribution >= 4 is 17.6 Å². The summed E-state index contributed by atoms with van der Waals surface area (Å²) in [5.41, 5.74) is 0.0557. The zero-order valence-electron chi connectivity index (χ0n) is 12.8. The molecule has 2 N–H and O–H groups in total. The molecule has 0 bridgehead atoms. The van der Waals surface area contributed by atoms with E-state index in [0.717, 1.165) is 18.2 Å². The van der Waals surface area contributed by atoms with Crippen molar-refractivity contribution in [1.29, 1.82) is 0 Å². The molecule has 0 unspecified atom stereocenters. The number of carbonyl (C=O) groups is 2. The monoisotopic (exact) mass is 355 g/mol. The molecular formula is C16H12F3NO5. The number of amides is 1. The van der Waals surface area contributed by atoms with Crippen molar-refractivity contribution in [3.8, 4) is 11.5 Å². The van der Waals surface area contributed by atoms with Crippen LogP contribution in [0.4, 0.5) is 18.9 Å². The van der Waals surface area contributed by atoms with Gasteiger partial charge in [0.1, 0.15) is 11.5 Å². The van der Waals surface area contributed by atoms with Crippen LogP contribution in [-0.4, -0.2) is 30.5 Å². The minimum Gasteiger partial charge on any atom is -0.496 e. The fourth-order valence-corrected chi connectivity index (χ4v) is 1.96. The zero-order valence-corrected chi connectivity index (χ0v) is 12.8. The molecule has 25 heavy (non-hydrogen) atoms. The first-order chi connectivity index (χ1) is 11.7. The minimum absolute atomic E-state index is 0.0296. The first kappa shape index (κ1) is 18.1. The second-order valence-electron chi connectivity index (χ2n) is 4.75. The van der Waals surface area contributed by atoms with Gasteiger partial charge in [-0.3, -0.25) is 4.79 Å². The lowest BCUT2D eigenvalue weighted by molar-refractivity contribution is -0.274.